The Kier molecular flexibility index (Phi) is 3.61. The lowest BCUT2D eigenvalue weighted by atomic mass is 10.1. The van der Waals surface area contributed by atoms with Crippen LogP contribution in [0.5, 0.6) is 0 Å². The number of anilines is 2. The molecule has 0 spiro atoms. The van der Waals surface area contributed by atoms with E-state index in [2.05, 4.69) is 15.5 Å². The number of amides is 1. The van der Waals surface area contributed by atoms with Gasteiger partial charge in [-0.25, -0.2) is 0 Å². The second-order valence-electron chi connectivity index (χ2n) is 5.04. The molecule has 7 nitrogen and oxygen atoms in total. The maximum atomic E-state index is 12.8. The molecule has 2 heterocycles. The summed E-state index contributed by atoms with van der Waals surface area (Å²) in [5.41, 5.74) is 1.66. The summed E-state index contributed by atoms with van der Waals surface area (Å²) in [6.45, 7) is 3.18. The lowest BCUT2D eigenvalue weighted by Gasteiger charge is -2.22. The zero-order valence-corrected chi connectivity index (χ0v) is 13.6. The SMILES string of the molecule is CC(=O)Nc1nnc(S(=O)(=O)N2c3ccccc3C[C@H]2C)s1. The van der Waals surface area contributed by atoms with Crippen molar-refractivity contribution in [3.63, 3.8) is 0 Å². The second kappa shape index (κ2) is 5.33. The van der Waals surface area contributed by atoms with E-state index >= 15 is 0 Å². The number of sulfonamides is 1. The van der Waals surface area contributed by atoms with Crippen LogP contribution in [0.15, 0.2) is 28.6 Å². The average molecular weight is 338 g/mol. The first-order valence-corrected chi connectivity index (χ1v) is 8.88. The van der Waals surface area contributed by atoms with Gasteiger partial charge in [-0.1, -0.05) is 29.5 Å². The fourth-order valence-electron chi connectivity index (χ4n) is 2.50. The van der Waals surface area contributed by atoms with Gasteiger partial charge in [0, 0.05) is 13.0 Å². The van der Waals surface area contributed by atoms with E-state index in [0.29, 0.717) is 12.1 Å². The summed E-state index contributed by atoms with van der Waals surface area (Å²) in [6, 6.07) is 7.22. The number of carbonyl (C=O) groups excluding carboxylic acids is 1. The molecule has 3 rings (SSSR count). The molecule has 116 valence electrons. The Labute approximate surface area is 132 Å². The van der Waals surface area contributed by atoms with Gasteiger partial charge in [0.25, 0.3) is 14.4 Å². The van der Waals surface area contributed by atoms with Crippen molar-refractivity contribution in [2.75, 3.05) is 9.62 Å². The van der Waals surface area contributed by atoms with E-state index < -0.39 is 10.0 Å². The van der Waals surface area contributed by atoms with E-state index in [4.69, 9.17) is 0 Å². The van der Waals surface area contributed by atoms with Gasteiger partial charge in [0.1, 0.15) is 0 Å². The van der Waals surface area contributed by atoms with Crippen LogP contribution in [0.25, 0.3) is 0 Å². The summed E-state index contributed by atoms with van der Waals surface area (Å²) in [7, 11) is -3.79. The molecule has 0 fully saturated rings. The predicted molar refractivity (Wildman–Crippen MR) is 83.5 cm³/mol. The number of aromatic nitrogens is 2. The third-order valence-electron chi connectivity index (χ3n) is 3.31. The average Bonchev–Trinajstić information content (AvgIpc) is 3.01. The number of nitrogens with zero attached hydrogens (tertiary/aromatic N) is 3. The van der Waals surface area contributed by atoms with Gasteiger partial charge in [0.2, 0.25) is 11.0 Å². The molecular formula is C13H14N4O3S2. The van der Waals surface area contributed by atoms with Gasteiger partial charge in [0.05, 0.1) is 5.69 Å². The second-order valence-corrected chi connectivity index (χ2v) is 8.00. The Balaban J connectivity index is 2.00. The minimum Gasteiger partial charge on any atom is -0.301 e. The molecule has 0 saturated carbocycles. The summed E-state index contributed by atoms with van der Waals surface area (Å²) in [5.74, 6) is -0.319. The largest absolute Gasteiger partial charge is 0.301 e. The molecule has 1 aliphatic rings. The van der Waals surface area contributed by atoms with Gasteiger partial charge >= 0.3 is 0 Å². The molecule has 9 heteroatoms. The molecule has 0 bridgehead atoms. The molecule has 22 heavy (non-hydrogen) atoms. The quantitative estimate of drug-likeness (QED) is 0.859. The molecule has 1 atom stereocenters. The van der Waals surface area contributed by atoms with Crippen molar-refractivity contribution in [1.29, 1.82) is 0 Å². The highest BCUT2D eigenvalue weighted by Crippen LogP contribution is 2.37. The highest BCUT2D eigenvalue weighted by atomic mass is 32.2. The van der Waals surface area contributed by atoms with Gasteiger partial charge in [-0.05, 0) is 25.0 Å². The molecule has 0 unspecified atom stereocenters. The number of benzene rings is 1. The topological polar surface area (TPSA) is 92.3 Å². The monoisotopic (exact) mass is 338 g/mol. The van der Waals surface area contributed by atoms with E-state index in [1.165, 1.54) is 11.2 Å². The van der Waals surface area contributed by atoms with Crippen molar-refractivity contribution < 1.29 is 13.2 Å². The van der Waals surface area contributed by atoms with Crippen LogP contribution in [-0.2, 0) is 21.2 Å². The van der Waals surface area contributed by atoms with Crippen molar-refractivity contribution in [1.82, 2.24) is 10.2 Å². The van der Waals surface area contributed by atoms with Gasteiger partial charge in [-0.3, -0.25) is 9.10 Å². The number of nitrogens with one attached hydrogen (secondary N) is 1. The Bertz CT molecular complexity index is 831. The molecule has 1 aromatic carbocycles. The van der Waals surface area contributed by atoms with Crippen molar-refractivity contribution in [2.24, 2.45) is 0 Å². The minimum atomic E-state index is -3.79. The molecule has 0 aliphatic carbocycles. The van der Waals surface area contributed by atoms with Crippen LogP contribution in [0.2, 0.25) is 0 Å². The third kappa shape index (κ3) is 2.46. The number of hydrogen-bond donors (Lipinski definition) is 1. The lowest BCUT2D eigenvalue weighted by molar-refractivity contribution is -0.114. The summed E-state index contributed by atoms with van der Waals surface area (Å²) in [4.78, 5) is 11.0. The van der Waals surface area contributed by atoms with Crippen LogP contribution in [-0.4, -0.2) is 30.6 Å². The maximum Gasteiger partial charge on any atom is 0.293 e. The maximum absolute atomic E-state index is 12.8. The van der Waals surface area contributed by atoms with E-state index in [0.717, 1.165) is 16.9 Å². The third-order valence-corrected chi connectivity index (χ3v) is 6.43. The number of fused-ring (bicyclic) bond motifs is 1. The number of para-hydroxylation sites is 1. The minimum absolute atomic E-state index is 0.125. The van der Waals surface area contributed by atoms with E-state index in [-0.39, 0.29) is 21.4 Å². The fourth-order valence-corrected chi connectivity index (χ4v) is 5.22. The first kappa shape index (κ1) is 14.9. The lowest BCUT2D eigenvalue weighted by Crippen LogP contribution is -2.35. The number of rotatable bonds is 3. The van der Waals surface area contributed by atoms with Crippen molar-refractivity contribution in [3.8, 4) is 0 Å². The molecule has 0 saturated heterocycles. The fraction of sp³-hybridized carbons (Fsp3) is 0.308. The first-order valence-electron chi connectivity index (χ1n) is 6.63. The summed E-state index contributed by atoms with van der Waals surface area (Å²) < 4.78 is 26.9. The highest BCUT2D eigenvalue weighted by molar-refractivity contribution is 7.94. The predicted octanol–water partition coefficient (Wildman–Crippen LogP) is 1.64. The number of hydrogen-bond acceptors (Lipinski definition) is 6. The van der Waals surface area contributed by atoms with Crippen molar-refractivity contribution >= 4 is 38.1 Å². The summed E-state index contributed by atoms with van der Waals surface area (Å²) >= 11 is 0.848. The Hall–Kier alpha value is -2.00. The Morgan fingerprint density at radius 1 is 1.36 bits per heavy atom. The number of carbonyl (C=O) groups is 1. The molecular weight excluding hydrogens is 324 g/mol. The summed E-state index contributed by atoms with van der Waals surface area (Å²) in [5, 5.41) is 10.0. The van der Waals surface area contributed by atoms with Crippen molar-refractivity contribution in [2.45, 2.75) is 30.6 Å². The molecule has 1 amide bonds. The van der Waals surface area contributed by atoms with E-state index in [9.17, 15) is 13.2 Å². The molecule has 2 aromatic rings. The van der Waals surface area contributed by atoms with Gasteiger partial charge in [-0.2, -0.15) is 8.42 Å². The van der Waals surface area contributed by atoms with Crippen LogP contribution in [0.3, 0.4) is 0 Å². The zero-order chi connectivity index (χ0) is 15.9. The van der Waals surface area contributed by atoms with Crippen LogP contribution >= 0.6 is 11.3 Å². The van der Waals surface area contributed by atoms with Crippen LogP contribution in [0, 0.1) is 0 Å². The van der Waals surface area contributed by atoms with Crippen LogP contribution in [0.1, 0.15) is 19.4 Å². The van der Waals surface area contributed by atoms with E-state index in [1.807, 2.05) is 25.1 Å². The molecule has 1 N–H and O–H groups in total. The zero-order valence-electron chi connectivity index (χ0n) is 12.0. The highest BCUT2D eigenvalue weighted by Gasteiger charge is 2.38. The summed E-state index contributed by atoms with van der Waals surface area (Å²) in [6.07, 6.45) is 0.659. The van der Waals surface area contributed by atoms with Crippen molar-refractivity contribution in [3.05, 3.63) is 29.8 Å². The van der Waals surface area contributed by atoms with E-state index in [1.54, 1.807) is 6.07 Å². The van der Waals surface area contributed by atoms with Crippen LogP contribution < -0.4 is 9.62 Å². The Morgan fingerprint density at radius 3 is 2.82 bits per heavy atom. The first-order chi connectivity index (χ1) is 10.4. The van der Waals surface area contributed by atoms with Gasteiger partial charge in [-0.15, -0.1) is 10.2 Å². The standard InChI is InChI=1S/C13H14N4O3S2/c1-8-7-10-5-3-4-6-11(10)17(8)22(19,20)13-16-15-12(21-13)14-9(2)18/h3-6,8H,7H2,1-2H3,(H,14,15,18)/t8-/m1/s1. The Morgan fingerprint density at radius 2 is 2.09 bits per heavy atom. The van der Waals surface area contributed by atoms with Crippen LogP contribution in [0.4, 0.5) is 10.8 Å². The smallest absolute Gasteiger partial charge is 0.293 e. The normalized spacial score (nSPS) is 17.4. The van der Waals surface area contributed by atoms with Gasteiger partial charge in [0.15, 0.2) is 0 Å². The molecule has 0 radical (unpaired) electrons. The molecule has 1 aromatic heterocycles. The van der Waals surface area contributed by atoms with Gasteiger partial charge < -0.3 is 5.32 Å². The molecule has 1 aliphatic heterocycles.